The molecule has 0 amide bonds. The summed E-state index contributed by atoms with van der Waals surface area (Å²) in [5.41, 5.74) is -1.56. The predicted molar refractivity (Wildman–Crippen MR) is 114 cm³/mol. The molecule has 0 aliphatic heterocycles. The van der Waals surface area contributed by atoms with Gasteiger partial charge in [-0.1, -0.05) is 0 Å². The molecule has 0 aromatic heterocycles. The van der Waals surface area contributed by atoms with Crippen molar-refractivity contribution < 1.29 is 22.9 Å². The van der Waals surface area contributed by atoms with E-state index in [0.717, 1.165) is 30.0 Å². The number of sulfonamides is 1. The molecule has 9 heteroatoms. The van der Waals surface area contributed by atoms with Crippen molar-refractivity contribution in [1.29, 1.82) is 0 Å². The number of hydrogen-bond acceptors (Lipinski definition) is 6. The number of Topliss-reactive ketones (excluding diaryl/α,β-unsaturated/α-hetero) is 1. The zero-order chi connectivity index (χ0) is 22.6. The lowest BCUT2D eigenvalue weighted by molar-refractivity contribution is -0.385. The van der Waals surface area contributed by atoms with Crippen molar-refractivity contribution in [3.05, 3.63) is 28.3 Å². The van der Waals surface area contributed by atoms with Gasteiger partial charge >= 0.3 is 0 Å². The molecule has 1 aromatic carbocycles. The summed E-state index contributed by atoms with van der Waals surface area (Å²) in [7, 11) is -2.88. The summed E-state index contributed by atoms with van der Waals surface area (Å²) in [4.78, 5) is 23.4. The first-order chi connectivity index (χ1) is 14.5. The van der Waals surface area contributed by atoms with Crippen molar-refractivity contribution in [1.82, 2.24) is 4.72 Å². The fourth-order valence-electron chi connectivity index (χ4n) is 6.28. The smallest absolute Gasteiger partial charge is 0.273 e. The second-order valence-corrected chi connectivity index (χ2v) is 11.7. The normalized spacial score (nSPS) is 29.7. The van der Waals surface area contributed by atoms with Gasteiger partial charge in [-0.15, -0.1) is 0 Å². The molecule has 5 rings (SSSR count). The van der Waals surface area contributed by atoms with Gasteiger partial charge in [0.25, 0.3) is 5.69 Å². The van der Waals surface area contributed by atoms with E-state index in [0.29, 0.717) is 24.2 Å². The number of nitrogens with zero attached hydrogens (tertiary/aromatic N) is 1. The van der Waals surface area contributed by atoms with E-state index in [4.69, 9.17) is 4.74 Å². The van der Waals surface area contributed by atoms with Crippen LogP contribution in [0.5, 0.6) is 5.75 Å². The summed E-state index contributed by atoms with van der Waals surface area (Å²) in [6, 6.07) is 3.32. The third-order valence-corrected chi connectivity index (χ3v) is 9.27. The molecule has 0 atom stereocenters. The first-order valence-electron chi connectivity index (χ1n) is 10.9. The number of benzene rings is 1. The van der Waals surface area contributed by atoms with Gasteiger partial charge in [0.1, 0.15) is 10.6 Å². The standard InChI is InChI=1S/C22H30N2O6S/c1-22(2,21(25)12-18-15-7-13-6-14(9-15)10-16(18)8-13)23-31(28,29)20-5-4-17(24(26)27)11-19(20)30-3/h4-5,11,13-16,18,23H,6-10,12H2,1-3H3. The van der Waals surface area contributed by atoms with Crippen molar-refractivity contribution >= 4 is 21.5 Å². The Labute approximate surface area is 182 Å². The number of carbonyl (C=O) groups is 1. The molecule has 170 valence electrons. The highest BCUT2D eigenvalue weighted by Crippen LogP contribution is 2.57. The van der Waals surface area contributed by atoms with Crippen LogP contribution >= 0.6 is 0 Å². The van der Waals surface area contributed by atoms with Crippen molar-refractivity contribution in [2.45, 2.75) is 62.8 Å². The molecule has 4 saturated carbocycles. The number of hydrogen-bond donors (Lipinski definition) is 1. The molecular formula is C22H30N2O6S. The number of rotatable bonds is 8. The number of methoxy groups -OCH3 is 1. The van der Waals surface area contributed by atoms with Crippen LogP contribution in [0.25, 0.3) is 0 Å². The van der Waals surface area contributed by atoms with Gasteiger partial charge in [0.15, 0.2) is 5.78 Å². The molecule has 4 bridgehead atoms. The van der Waals surface area contributed by atoms with Gasteiger partial charge in [0, 0.05) is 12.5 Å². The van der Waals surface area contributed by atoms with E-state index in [2.05, 4.69) is 4.72 Å². The monoisotopic (exact) mass is 450 g/mol. The molecule has 31 heavy (non-hydrogen) atoms. The number of nitro benzene ring substituents is 1. The van der Waals surface area contributed by atoms with Crippen LogP contribution in [0.1, 0.15) is 52.4 Å². The average molecular weight is 451 g/mol. The fourth-order valence-corrected chi connectivity index (χ4v) is 7.83. The quantitative estimate of drug-likeness (QED) is 0.477. The number of carbonyl (C=O) groups excluding carboxylic acids is 1. The highest BCUT2D eigenvalue weighted by molar-refractivity contribution is 7.89. The summed E-state index contributed by atoms with van der Waals surface area (Å²) in [5, 5.41) is 11.0. The van der Waals surface area contributed by atoms with E-state index in [1.165, 1.54) is 39.2 Å². The second-order valence-electron chi connectivity index (χ2n) is 10.0. The van der Waals surface area contributed by atoms with Gasteiger partial charge in [-0.25, -0.2) is 8.42 Å². The molecule has 4 fully saturated rings. The van der Waals surface area contributed by atoms with Crippen LogP contribution in [0.3, 0.4) is 0 Å². The lowest BCUT2D eigenvalue weighted by Gasteiger charge is -2.54. The number of ether oxygens (including phenoxy) is 1. The zero-order valence-corrected chi connectivity index (χ0v) is 19.0. The van der Waals surface area contributed by atoms with Gasteiger partial charge in [-0.3, -0.25) is 14.9 Å². The average Bonchev–Trinajstić information content (AvgIpc) is 2.68. The Morgan fingerprint density at radius 1 is 1.16 bits per heavy atom. The topological polar surface area (TPSA) is 116 Å². The molecule has 0 unspecified atom stereocenters. The summed E-state index contributed by atoms with van der Waals surface area (Å²) in [5.74, 6) is 2.90. The first kappa shape index (κ1) is 22.2. The highest BCUT2D eigenvalue weighted by atomic mass is 32.2. The van der Waals surface area contributed by atoms with E-state index in [1.807, 2.05) is 0 Å². The summed E-state index contributed by atoms with van der Waals surface area (Å²) >= 11 is 0. The molecule has 0 radical (unpaired) electrons. The molecule has 4 aliphatic rings. The molecule has 1 aromatic rings. The lowest BCUT2D eigenvalue weighted by atomic mass is 9.51. The highest BCUT2D eigenvalue weighted by Gasteiger charge is 2.49. The minimum atomic E-state index is -4.13. The van der Waals surface area contributed by atoms with Gasteiger partial charge in [-0.05, 0) is 81.6 Å². The van der Waals surface area contributed by atoms with Gasteiger partial charge < -0.3 is 4.74 Å². The van der Waals surface area contributed by atoms with Crippen molar-refractivity contribution in [3.8, 4) is 5.75 Å². The Balaban J connectivity index is 1.50. The van der Waals surface area contributed by atoms with Crippen LogP contribution in [0.15, 0.2) is 23.1 Å². The maximum atomic E-state index is 13.2. The lowest BCUT2D eigenvalue weighted by Crippen LogP contribution is -2.52. The van der Waals surface area contributed by atoms with Crippen LogP contribution in [0, 0.1) is 39.7 Å². The molecule has 4 aliphatic carbocycles. The van der Waals surface area contributed by atoms with Gasteiger partial charge in [-0.2, -0.15) is 4.72 Å². The molecular weight excluding hydrogens is 420 g/mol. The van der Waals surface area contributed by atoms with E-state index in [9.17, 15) is 23.3 Å². The second kappa shape index (κ2) is 7.85. The van der Waals surface area contributed by atoms with Crippen molar-refractivity contribution in [2.24, 2.45) is 29.6 Å². The van der Waals surface area contributed by atoms with E-state index in [1.54, 1.807) is 13.8 Å². The van der Waals surface area contributed by atoms with Gasteiger partial charge in [0.05, 0.1) is 23.6 Å². The van der Waals surface area contributed by atoms with E-state index < -0.39 is 20.5 Å². The number of ketones is 1. The van der Waals surface area contributed by atoms with Crippen molar-refractivity contribution in [2.75, 3.05) is 7.11 Å². The Morgan fingerprint density at radius 2 is 1.74 bits per heavy atom. The summed E-state index contributed by atoms with van der Waals surface area (Å²) in [6.07, 6.45) is 6.56. The number of nitrogens with one attached hydrogen (secondary N) is 1. The molecule has 1 N–H and O–H groups in total. The third-order valence-electron chi connectivity index (χ3n) is 7.58. The van der Waals surface area contributed by atoms with Crippen LogP contribution in [0.2, 0.25) is 0 Å². The maximum absolute atomic E-state index is 13.2. The summed E-state index contributed by atoms with van der Waals surface area (Å²) < 4.78 is 33.7. The molecule has 8 nitrogen and oxygen atoms in total. The minimum Gasteiger partial charge on any atom is -0.495 e. The molecule has 0 spiro atoms. The van der Waals surface area contributed by atoms with Gasteiger partial charge in [0.2, 0.25) is 10.0 Å². The molecule has 0 saturated heterocycles. The van der Waals surface area contributed by atoms with Crippen LogP contribution in [-0.2, 0) is 14.8 Å². The maximum Gasteiger partial charge on any atom is 0.273 e. The minimum absolute atomic E-state index is 0.116. The fraction of sp³-hybridized carbons (Fsp3) is 0.682. The number of nitro groups is 1. The van der Waals surface area contributed by atoms with Crippen molar-refractivity contribution in [3.63, 3.8) is 0 Å². The number of non-ortho nitro benzene ring substituents is 1. The zero-order valence-electron chi connectivity index (χ0n) is 18.2. The van der Waals surface area contributed by atoms with E-state index >= 15 is 0 Å². The third kappa shape index (κ3) is 4.22. The Morgan fingerprint density at radius 3 is 2.26 bits per heavy atom. The summed E-state index contributed by atoms with van der Waals surface area (Å²) in [6.45, 7) is 3.17. The Kier molecular flexibility index (Phi) is 5.62. The van der Waals surface area contributed by atoms with Crippen LogP contribution < -0.4 is 9.46 Å². The largest absolute Gasteiger partial charge is 0.495 e. The van der Waals surface area contributed by atoms with Crippen LogP contribution in [0.4, 0.5) is 5.69 Å². The Bertz CT molecular complexity index is 975. The molecule has 0 heterocycles. The Hall–Kier alpha value is -2.00. The van der Waals surface area contributed by atoms with E-state index in [-0.39, 0.29) is 22.1 Å². The predicted octanol–water partition coefficient (Wildman–Crippen LogP) is 3.69. The first-order valence-corrected chi connectivity index (χ1v) is 12.4. The van der Waals surface area contributed by atoms with Crippen LogP contribution in [-0.4, -0.2) is 31.8 Å². The SMILES string of the molecule is COc1cc([N+](=O)[O-])ccc1S(=O)(=O)NC(C)(C)C(=O)CC1C2CC3CC(C2)CC1C3.